The number of hydrogen-bond acceptors (Lipinski definition) is 1. The predicted octanol–water partition coefficient (Wildman–Crippen LogP) is 2.91. The highest BCUT2D eigenvalue weighted by atomic mass is 15.3. The molecular formula is C11H23N. The zero-order valence-corrected chi connectivity index (χ0v) is 9.22. The van der Waals surface area contributed by atoms with E-state index in [2.05, 4.69) is 39.6 Å². The Morgan fingerprint density at radius 3 is 2.17 bits per heavy atom. The summed E-state index contributed by atoms with van der Waals surface area (Å²) in [6.45, 7) is 9.38. The lowest BCUT2D eigenvalue weighted by atomic mass is 9.70. The van der Waals surface area contributed by atoms with Crippen molar-refractivity contribution in [1.29, 1.82) is 0 Å². The highest BCUT2D eigenvalue weighted by Gasteiger charge is 2.47. The quantitative estimate of drug-likeness (QED) is 0.628. The van der Waals surface area contributed by atoms with Crippen LogP contribution in [0.25, 0.3) is 0 Å². The van der Waals surface area contributed by atoms with Gasteiger partial charge in [0.2, 0.25) is 0 Å². The van der Waals surface area contributed by atoms with E-state index in [1.54, 1.807) is 0 Å². The lowest BCUT2D eigenvalue weighted by Gasteiger charge is -2.58. The molecule has 1 fully saturated rings. The molecule has 0 aromatic rings. The van der Waals surface area contributed by atoms with E-state index >= 15 is 0 Å². The van der Waals surface area contributed by atoms with Crippen LogP contribution in [0.15, 0.2) is 0 Å². The smallest absolute Gasteiger partial charge is 0.0223 e. The first-order valence-electron chi connectivity index (χ1n) is 5.29. The number of likely N-dealkylation sites (tertiary alicyclic amines) is 1. The normalized spacial score (nSPS) is 37.0. The summed E-state index contributed by atoms with van der Waals surface area (Å²) in [7, 11) is 2.27. The van der Waals surface area contributed by atoms with Crippen molar-refractivity contribution in [2.75, 3.05) is 7.05 Å². The summed E-state index contributed by atoms with van der Waals surface area (Å²) in [6, 6.07) is 0.801. The molecule has 1 nitrogen and oxygen atoms in total. The highest BCUT2D eigenvalue weighted by Crippen LogP contribution is 2.42. The summed E-state index contributed by atoms with van der Waals surface area (Å²) in [4.78, 5) is 2.55. The Hall–Kier alpha value is -0.0400. The Morgan fingerprint density at radius 1 is 1.42 bits per heavy atom. The van der Waals surface area contributed by atoms with Crippen molar-refractivity contribution in [3.63, 3.8) is 0 Å². The minimum Gasteiger partial charge on any atom is -0.298 e. The lowest BCUT2D eigenvalue weighted by Crippen LogP contribution is -2.64. The van der Waals surface area contributed by atoms with E-state index in [0.717, 1.165) is 12.0 Å². The molecule has 1 saturated heterocycles. The highest BCUT2D eigenvalue weighted by molar-refractivity contribution is 5.02. The van der Waals surface area contributed by atoms with E-state index in [-0.39, 0.29) is 0 Å². The Kier molecular flexibility index (Phi) is 2.82. The van der Waals surface area contributed by atoms with Crippen molar-refractivity contribution in [2.45, 2.75) is 58.5 Å². The summed E-state index contributed by atoms with van der Waals surface area (Å²) in [6.07, 6.45) is 4.03. The zero-order valence-electron chi connectivity index (χ0n) is 9.22. The van der Waals surface area contributed by atoms with Gasteiger partial charge in [-0.3, -0.25) is 4.90 Å². The Bertz CT molecular complexity index is 151. The second-order valence-corrected chi connectivity index (χ2v) is 4.53. The van der Waals surface area contributed by atoms with Gasteiger partial charge < -0.3 is 0 Å². The molecule has 2 unspecified atom stereocenters. The molecular weight excluding hydrogens is 146 g/mol. The summed E-state index contributed by atoms with van der Waals surface area (Å²) in [5.41, 5.74) is 0.503. The minimum absolute atomic E-state index is 0.503. The van der Waals surface area contributed by atoms with Crippen LogP contribution in [0.4, 0.5) is 0 Å². The van der Waals surface area contributed by atoms with Gasteiger partial charge in [-0.25, -0.2) is 0 Å². The molecule has 1 aliphatic rings. The van der Waals surface area contributed by atoms with Crippen molar-refractivity contribution in [3.8, 4) is 0 Å². The average molecular weight is 169 g/mol. The van der Waals surface area contributed by atoms with E-state index < -0.39 is 0 Å². The monoisotopic (exact) mass is 169 g/mol. The molecule has 1 heteroatoms. The van der Waals surface area contributed by atoms with Crippen molar-refractivity contribution in [2.24, 2.45) is 5.92 Å². The third kappa shape index (κ3) is 1.28. The fraction of sp³-hybridized carbons (Fsp3) is 1.00. The van der Waals surface area contributed by atoms with Crippen LogP contribution in [0.3, 0.4) is 0 Å². The minimum atomic E-state index is 0.503. The van der Waals surface area contributed by atoms with Gasteiger partial charge in [0.25, 0.3) is 0 Å². The summed E-state index contributed by atoms with van der Waals surface area (Å²) < 4.78 is 0. The van der Waals surface area contributed by atoms with Crippen molar-refractivity contribution in [1.82, 2.24) is 4.90 Å². The maximum absolute atomic E-state index is 2.55. The van der Waals surface area contributed by atoms with Gasteiger partial charge in [-0.05, 0) is 33.2 Å². The standard InChI is InChI=1S/C11H23N/c1-6-10(7-2)11(4)8-9(3)12(11)5/h9-10H,6-8H2,1-5H3. The molecule has 1 heterocycles. The molecule has 72 valence electrons. The van der Waals surface area contributed by atoms with Crippen LogP contribution in [0, 0.1) is 5.92 Å². The fourth-order valence-electron chi connectivity index (χ4n) is 2.89. The molecule has 0 spiro atoms. The van der Waals surface area contributed by atoms with Crippen molar-refractivity contribution >= 4 is 0 Å². The van der Waals surface area contributed by atoms with Crippen molar-refractivity contribution < 1.29 is 0 Å². The molecule has 2 atom stereocenters. The van der Waals surface area contributed by atoms with Crippen LogP contribution in [0.1, 0.15) is 47.0 Å². The molecule has 0 radical (unpaired) electrons. The van der Waals surface area contributed by atoms with Crippen LogP contribution in [-0.4, -0.2) is 23.5 Å². The number of nitrogens with zero attached hydrogens (tertiary/aromatic N) is 1. The first-order valence-corrected chi connectivity index (χ1v) is 5.29. The topological polar surface area (TPSA) is 3.24 Å². The van der Waals surface area contributed by atoms with Gasteiger partial charge in [0, 0.05) is 11.6 Å². The van der Waals surface area contributed by atoms with E-state index in [0.29, 0.717) is 5.54 Å². The summed E-state index contributed by atoms with van der Waals surface area (Å²) in [5, 5.41) is 0. The van der Waals surface area contributed by atoms with Crippen LogP contribution >= 0.6 is 0 Å². The second-order valence-electron chi connectivity index (χ2n) is 4.53. The second kappa shape index (κ2) is 3.37. The van der Waals surface area contributed by atoms with Gasteiger partial charge in [0.1, 0.15) is 0 Å². The largest absolute Gasteiger partial charge is 0.298 e. The summed E-state index contributed by atoms with van der Waals surface area (Å²) >= 11 is 0. The number of rotatable bonds is 3. The van der Waals surface area contributed by atoms with Crippen LogP contribution in [0.2, 0.25) is 0 Å². The molecule has 12 heavy (non-hydrogen) atoms. The SMILES string of the molecule is CCC(CC)C1(C)CC(C)N1C. The molecule has 0 bridgehead atoms. The van der Waals surface area contributed by atoms with E-state index in [1.807, 2.05) is 0 Å². The van der Waals surface area contributed by atoms with Gasteiger partial charge in [-0.1, -0.05) is 26.7 Å². The van der Waals surface area contributed by atoms with Crippen LogP contribution in [-0.2, 0) is 0 Å². The third-order valence-corrected chi connectivity index (χ3v) is 4.04. The van der Waals surface area contributed by atoms with E-state index in [9.17, 15) is 0 Å². The van der Waals surface area contributed by atoms with E-state index in [4.69, 9.17) is 0 Å². The lowest BCUT2D eigenvalue weighted by molar-refractivity contribution is -0.0733. The van der Waals surface area contributed by atoms with E-state index in [1.165, 1.54) is 19.3 Å². The van der Waals surface area contributed by atoms with Gasteiger partial charge in [-0.15, -0.1) is 0 Å². The van der Waals surface area contributed by atoms with Crippen LogP contribution in [0.5, 0.6) is 0 Å². The van der Waals surface area contributed by atoms with Crippen LogP contribution < -0.4 is 0 Å². The average Bonchev–Trinajstić information content (AvgIpc) is 2.06. The van der Waals surface area contributed by atoms with Gasteiger partial charge >= 0.3 is 0 Å². The molecule has 0 saturated carbocycles. The molecule has 0 N–H and O–H groups in total. The fourth-order valence-corrected chi connectivity index (χ4v) is 2.89. The molecule has 0 amide bonds. The molecule has 1 rings (SSSR count). The summed E-state index contributed by atoms with van der Waals surface area (Å²) in [5.74, 6) is 0.888. The van der Waals surface area contributed by atoms with Gasteiger partial charge in [0.05, 0.1) is 0 Å². The molecule has 0 aliphatic carbocycles. The zero-order chi connectivity index (χ0) is 9.35. The van der Waals surface area contributed by atoms with Gasteiger partial charge in [-0.2, -0.15) is 0 Å². The Balaban J connectivity index is 2.60. The maximum Gasteiger partial charge on any atom is 0.0223 e. The predicted molar refractivity (Wildman–Crippen MR) is 54.3 cm³/mol. The maximum atomic E-state index is 2.55. The van der Waals surface area contributed by atoms with Crippen molar-refractivity contribution in [3.05, 3.63) is 0 Å². The van der Waals surface area contributed by atoms with Gasteiger partial charge in [0.15, 0.2) is 0 Å². The third-order valence-electron chi connectivity index (χ3n) is 4.04. The molecule has 1 aliphatic heterocycles. The first kappa shape index (κ1) is 10.0. The Morgan fingerprint density at radius 2 is 1.92 bits per heavy atom. The number of hydrogen-bond donors (Lipinski definition) is 0. The first-order chi connectivity index (χ1) is 5.56. The molecule has 0 aromatic heterocycles. The molecule has 0 aromatic carbocycles. The Labute approximate surface area is 77.1 Å².